The van der Waals surface area contributed by atoms with Crippen LogP contribution in [0, 0.1) is 0 Å². The molecule has 0 saturated carbocycles. The fraction of sp³-hybridized carbons (Fsp3) is 0.727. The maximum Gasteiger partial charge on any atom is 0.343 e. The Kier molecular flexibility index (Phi) is 5.09. The number of hydrogen-bond acceptors (Lipinski definition) is 7. The summed E-state index contributed by atoms with van der Waals surface area (Å²) < 4.78 is 29.1. The van der Waals surface area contributed by atoms with Crippen LogP contribution in [0.25, 0.3) is 0 Å². The molecule has 0 aliphatic carbocycles. The number of ether oxygens (including phenoxy) is 1. The van der Waals surface area contributed by atoms with Gasteiger partial charge in [0.05, 0.1) is 17.3 Å². The van der Waals surface area contributed by atoms with Gasteiger partial charge in [0.15, 0.2) is 15.0 Å². The number of esters is 1. The van der Waals surface area contributed by atoms with Gasteiger partial charge in [0.2, 0.25) is 0 Å². The smallest absolute Gasteiger partial charge is 0.343 e. The largest absolute Gasteiger partial charge is 0.461 e. The highest BCUT2D eigenvalue weighted by atomic mass is 32.2. The average Bonchev–Trinajstić information content (AvgIpc) is 2.92. The summed E-state index contributed by atoms with van der Waals surface area (Å²) in [5.41, 5.74) is -0.311. The number of aromatic nitrogens is 3. The molecule has 1 fully saturated rings. The third kappa shape index (κ3) is 4.34. The maximum atomic E-state index is 11.7. The van der Waals surface area contributed by atoms with Crippen molar-refractivity contribution in [3.63, 3.8) is 0 Å². The predicted octanol–water partition coefficient (Wildman–Crippen LogP) is -0.196. The first-order valence-corrected chi connectivity index (χ1v) is 9.40. The summed E-state index contributed by atoms with van der Waals surface area (Å²) in [5.74, 6) is -0.551. The van der Waals surface area contributed by atoms with E-state index >= 15 is 0 Å². The molecule has 0 radical (unpaired) electrons. The van der Waals surface area contributed by atoms with Gasteiger partial charge in [0.25, 0.3) is 0 Å². The van der Waals surface area contributed by atoms with E-state index in [0.717, 1.165) is 18.2 Å². The molecule has 1 aliphatic heterocycles. The van der Waals surface area contributed by atoms with E-state index in [4.69, 9.17) is 4.74 Å². The Bertz CT molecular complexity index is 664. The van der Waals surface area contributed by atoms with Crippen molar-refractivity contribution in [3.05, 3.63) is 10.5 Å². The molecule has 1 saturated heterocycles. The van der Waals surface area contributed by atoms with Crippen molar-refractivity contribution in [2.45, 2.75) is 37.6 Å². The minimum absolute atomic E-state index is 0.00937. The zero-order valence-corrected chi connectivity index (χ0v) is 13.2. The number of sulfone groups is 1. The van der Waals surface area contributed by atoms with Crippen LogP contribution in [-0.2, 0) is 25.9 Å². The van der Waals surface area contributed by atoms with E-state index in [1.807, 2.05) is 6.92 Å². The van der Waals surface area contributed by atoms with Gasteiger partial charge < -0.3 is 4.74 Å². The topological polar surface area (TPSA) is 111 Å². The van der Waals surface area contributed by atoms with E-state index in [-0.39, 0.29) is 22.9 Å². The lowest BCUT2D eigenvalue weighted by atomic mass is 10.3. The van der Waals surface area contributed by atoms with Crippen LogP contribution in [0.4, 0.5) is 0 Å². The van der Waals surface area contributed by atoms with Gasteiger partial charge in [0, 0.05) is 6.54 Å². The third-order valence-corrected chi connectivity index (χ3v) is 5.67. The molecule has 0 unspecified atom stereocenters. The number of nitrogens with one attached hydrogen (secondary N) is 1. The number of thioether (sulfide) groups is 1. The molecule has 1 N–H and O–H groups in total. The van der Waals surface area contributed by atoms with Crippen molar-refractivity contribution in [2.75, 3.05) is 17.3 Å². The molecule has 2 rings (SSSR count). The summed E-state index contributed by atoms with van der Waals surface area (Å²) in [6.07, 6.45) is 0.569. The van der Waals surface area contributed by atoms with Crippen molar-refractivity contribution >= 4 is 27.6 Å². The van der Waals surface area contributed by atoms with E-state index in [1.54, 1.807) is 0 Å². The first-order valence-electron chi connectivity index (χ1n) is 6.59. The Morgan fingerprint density at radius 2 is 2.33 bits per heavy atom. The minimum Gasteiger partial charge on any atom is -0.461 e. The quantitative estimate of drug-likeness (QED) is 0.566. The van der Waals surface area contributed by atoms with Crippen molar-refractivity contribution in [3.8, 4) is 0 Å². The van der Waals surface area contributed by atoms with E-state index < -0.39 is 21.9 Å². The zero-order valence-electron chi connectivity index (χ0n) is 11.6. The molecule has 1 aromatic rings. The van der Waals surface area contributed by atoms with Crippen LogP contribution in [0.15, 0.2) is 9.95 Å². The van der Waals surface area contributed by atoms with Crippen LogP contribution >= 0.6 is 11.8 Å². The van der Waals surface area contributed by atoms with Crippen LogP contribution in [0.3, 0.4) is 0 Å². The highest BCUT2D eigenvalue weighted by Gasteiger charge is 2.30. The molecule has 8 nitrogen and oxygen atoms in total. The molecule has 0 spiro atoms. The van der Waals surface area contributed by atoms with Crippen LogP contribution in [-0.4, -0.2) is 52.5 Å². The van der Waals surface area contributed by atoms with Gasteiger partial charge in [0.1, 0.15) is 6.10 Å². The standard InChI is InChI=1S/C11H17N3O5S2/c1-2-4-14-10(16)12-13-11(14)20-6-9(15)19-8-3-5-21(17,18)7-8/h8H,2-7H2,1H3,(H,12,16)/t8-/m1/s1. The van der Waals surface area contributed by atoms with Gasteiger partial charge in [-0.15, -0.1) is 5.10 Å². The lowest BCUT2D eigenvalue weighted by molar-refractivity contribution is -0.144. The molecule has 1 aliphatic rings. The van der Waals surface area contributed by atoms with Crippen molar-refractivity contribution in [2.24, 2.45) is 0 Å². The first-order chi connectivity index (χ1) is 9.91. The Balaban J connectivity index is 1.86. The van der Waals surface area contributed by atoms with Crippen LogP contribution < -0.4 is 5.69 Å². The average molecular weight is 335 g/mol. The van der Waals surface area contributed by atoms with E-state index in [1.165, 1.54) is 4.57 Å². The summed E-state index contributed by atoms with van der Waals surface area (Å²) in [5, 5.41) is 6.61. The SMILES string of the molecule is CCCn1c(SCC(=O)O[C@@H]2CCS(=O)(=O)C2)n[nH]c1=O. The fourth-order valence-corrected chi connectivity index (χ4v) is 4.38. The molecule has 0 aromatic carbocycles. The first kappa shape index (κ1) is 16.1. The maximum absolute atomic E-state index is 11.7. The van der Waals surface area contributed by atoms with E-state index in [2.05, 4.69) is 10.2 Å². The molecule has 10 heteroatoms. The normalized spacial score (nSPS) is 20.5. The van der Waals surface area contributed by atoms with Crippen LogP contribution in [0.2, 0.25) is 0 Å². The molecule has 118 valence electrons. The third-order valence-electron chi connectivity index (χ3n) is 2.98. The van der Waals surface area contributed by atoms with Crippen LogP contribution in [0.5, 0.6) is 0 Å². The fourth-order valence-electron chi connectivity index (χ4n) is 2.03. The number of nitrogens with zero attached hydrogens (tertiary/aromatic N) is 2. The van der Waals surface area contributed by atoms with E-state index in [9.17, 15) is 18.0 Å². The highest BCUT2D eigenvalue weighted by molar-refractivity contribution is 7.99. The van der Waals surface area contributed by atoms with Crippen molar-refractivity contribution < 1.29 is 17.9 Å². The molecule has 2 heterocycles. The Morgan fingerprint density at radius 3 is 2.95 bits per heavy atom. The molecule has 21 heavy (non-hydrogen) atoms. The second-order valence-corrected chi connectivity index (χ2v) is 7.94. The lowest BCUT2D eigenvalue weighted by Crippen LogP contribution is -2.21. The number of H-pyrrole nitrogens is 1. The second-order valence-electron chi connectivity index (χ2n) is 4.77. The summed E-state index contributed by atoms with van der Waals surface area (Å²) in [7, 11) is -3.07. The molecular weight excluding hydrogens is 318 g/mol. The van der Waals surface area contributed by atoms with Gasteiger partial charge in [-0.25, -0.2) is 18.3 Å². The van der Waals surface area contributed by atoms with Gasteiger partial charge >= 0.3 is 11.7 Å². The number of carbonyl (C=O) groups is 1. The molecule has 1 aromatic heterocycles. The number of carbonyl (C=O) groups excluding carboxylic acids is 1. The van der Waals surface area contributed by atoms with Gasteiger partial charge in [-0.2, -0.15) is 0 Å². The number of aromatic amines is 1. The number of rotatable bonds is 6. The summed E-state index contributed by atoms with van der Waals surface area (Å²) >= 11 is 1.10. The van der Waals surface area contributed by atoms with Gasteiger partial charge in [-0.1, -0.05) is 18.7 Å². The summed E-state index contributed by atoms with van der Waals surface area (Å²) in [6, 6.07) is 0. The van der Waals surface area contributed by atoms with E-state index in [0.29, 0.717) is 18.1 Å². The van der Waals surface area contributed by atoms with Crippen molar-refractivity contribution in [1.29, 1.82) is 0 Å². The highest BCUT2D eigenvalue weighted by Crippen LogP contribution is 2.18. The summed E-state index contributed by atoms with van der Waals surface area (Å²) in [6.45, 7) is 2.45. The Hall–Kier alpha value is -1.29. The Morgan fingerprint density at radius 1 is 1.57 bits per heavy atom. The predicted molar refractivity (Wildman–Crippen MR) is 77.0 cm³/mol. The van der Waals surface area contributed by atoms with Crippen LogP contribution in [0.1, 0.15) is 19.8 Å². The molecule has 0 bridgehead atoms. The van der Waals surface area contributed by atoms with Gasteiger partial charge in [-0.3, -0.25) is 9.36 Å². The summed E-state index contributed by atoms with van der Waals surface area (Å²) in [4.78, 5) is 23.2. The monoisotopic (exact) mass is 335 g/mol. The number of hydrogen-bond donors (Lipinski definition) is 1. The Labute approximate surface area is 126 Å². The molecular formula is C11H17N3O5S2. The van der Waals surface area contributed by atoms with Crippen molar-refractivity contribution in [1.82, 2.24) is 14.8 Å². The molecule has 1 atom stereocenters. The molecule has 0 amide bonds. The van der Waals surface area contributed by atoms with Gasteiger partial charge in [-0.05, 0) is 12.8 Å². The zero-order chi connectivity index (χ0) is 15.5. The lowest BCUT2D eigenvalue weighted by Gasteiger charge is -2.09. The minimum atomic E-state index is -3.07. The second kappa shape index (κ2) is 6.65.